The van der Waals surface area contributed by atoms with Crippen molar-refractivity contribution in [2.45, 2.75) is 20.4 Å². The topological polar surface area (TPSA) is 56.3 Å². The number of nitrogen functional groups attached to an aromatic ring is 1. The number of fused-ring (bicyclic) bond motifs is 1. The zero-order valence-corrected chi connectivity index (χ0v) is 11.9. The average Bonchev–Trinajstić information content (AvgIpc) is 2.76. The second kappa shape index (κ2) is 5.93. The first-order valence-corrected chi connectivity index (χ1v) is 6.72. The first-order chi connectivity index (χ1) is 9.21. The van der Waals surface area contributed by atoms with Gasteiger partial charge in [0.15, 0.2) is 0 Å². The minimum Gasteiger partial charge on any atom is -0.494 e. The smallest absolute Gasteiger partial charge is 0.201 e. The first-order valence-electron chi connectivity index (χ1n) is 6.72. The largest absolute Gasteiger partial charge is 0.494 e. The molecule has 1 aromatic carbocycles. The van der Waals surface area contributed by atoms with E-state index in [-0.39, 0.29) is 0 Å². The number of hydrogen-bond donors (Lipinski definition) is 1. The quantitative estimate of drug-likeness (QED) is 0.864. The molecule has 2 N–H and O–H groups in total. The molecule has 104 valence electrons. The Hall–Kier alpha value is -1.75. The lowest BCUT2D eigenvalue weighted by Gasteiger charge is -2.18. The maximum Gasteiger partial charge on any atom is 0.201 e. The minimum atomic E-state index is 0.548. The molecule has 0 amide bonds. The van der Waals surface area contributed by atoms with Crippen LogP contribution in [0.4, 0.5) is 5.95 Å². The number of likely N-dealkylation sites (N-methyl/N-ethyl adjacent to an activating group) is 1. The zero-order chi connectivity index (χ0) is 13.8. The molecule has 19 heavy (non-hydrogen) atoms. The highest BCUT2D eigenvalue weighted by molar-refractivity contribution is 5.84. The van der Waals surface area contributed by atoms with Crippen LogP contribution in [-0.4, -0.2) is 41.2 Å². The van der Waals surface area contributed by atoms with Crippen LogP contribution in [0.5, 0.6) is 5.75 Å². The van der Waals surface area contributed by atoms with Crippen LogP contribution in [0.15, 0.2) is 18.2 Å². The number of para-hydroxylation sites is 1. The predicted molar refractivity (Wildman–Crippen MR) is 78.5 cm³/mol. The highest BCUT2D eigenvalue weighted by atomic mass is 16.5. The van der Waals surface area contributed by atoms with Crippen LogP contribution in [0.1, 0.15) is 13.8 Å². The first kappa shape index (κ1) is 13.7. The van der Waals surface area contributed by atoms with Crippen molar-refractivity contribution < 1.29 is 4.74 Å². The molecule has 0 bridgehead atoms. The molecule has 5 heteroatoms. The standard InChI is InChI=1S/C14H22N4O/c1-4-17(5-2)9-10-18-11-7-6-8-12(19-3)13(11)16-14(18)15/h6-8H,4-5,9-10H2,1-3H3,(H2,15,16). The summed E-state index contributed by atoms with van der Waals surface area (Å²) in [4.78, 5) is 6.78. The third-order valence-electron chi connectivity index (χ3n) is 3.53. The van der Waals surface area contributed by atoms with E-state index in [1.807, 2.05) is 18.2 Å². The van der Waals surface area contributed by atoms with E-state index in [1.165, 1.54) is 0 Å². The fraction of sp³-hybridized carbons (Fsp3) is 0.500. The SMILES string of the molecule is CCN(CC)CCn1c(N)nc2c(OC)cccc21. The van der Waals surface area contributed by atoms with Gasteiger partial charge in [-0.1, -0.05) is 19.9 Å². The predicted octanol–water partition coefficient (Wildman–Crippen LogP) is 1.97. The molecule has 0 saturated carbocycles. The molecule has 0 unspecified atom stereocenters. The van der Waals surface area contributed by atoms with Crippen LogP contribution in [0.2, 0.25) is 0 Å². The van der Waals surface area contributed by atoms with Crippen molar-refractivity contribution in [2.75, 3.05) is 32.5 Å². The van der Waals surface area contributed by atoms with Gasteiger partial charge in [-0.05, 0) is 25.2 Å². The highest BCUT2D eigenvalue weighted by Gasteiger charge is 2.12. The molecule has 5 nitrogen and oxygen atoms in total. The van der Waals surface area contributed by atoms with Crippen LogP contribution < -0.4 is 10.5 Å². The second-order valence-electron chi connectivity index (χ2n) is 4.48. The van der Waals surface area contributed by atoms with Crippen LogP contribution >= 0.6 is 0 Å². The number of anilines is 1. The summed E-state index contributed by atoms with van der Waals surface area (Å²) in [6.07, 6.45) is 0. The molecule has 0 saturated heterocycles. The van der Waals surface area contributed by atoms with Gasteiger partial charge in [-0.25, -0.2) is 4.98 Å². The summed E-state index contributed by atoms with van der Waals surface area (Å²) in [5.74, 6) is 1.32. The van der Waals surface area contributed by atoms with E-state index in [1.54, 1.807) is 7.11 Å². The Labute approximate surface area is 114 Å². The van der Waals surface area contributed by atoms with Gasteiger partial charge in [-0.15, -0.1) is 0 Å². The molecule has 0 radical (unpaired) electrons. The van der Waals surface area contributed by atoms with E-state index in [9.17, 15) is 0 Å². The second-order valence-corrected chi connectivity index (χ2v) is 4.48. The summed E-state index contributed by atoms with van der Waals surface area (Å²) >= 11 is 0. The number of benzene rings is 1. The van der Waals surface area contributed by atoms with Crippen molar-refractivity contribution >= 4 is 17.0 Å². The van der Waals surface area contributed by atoms with Gasteiger partial charge in [0.05, 0.1) is 12.6 Å². The lowest BCUT2D eigenvalue weighted by molar-refractivity contribution is 0.292. The fourth-order valence-corrected chi connectivity index (χ4v) is 2.32. The monoisotopic (exact) mass is 262 g/mol. The number of hydrogen-bond acceptors (Lipinski definition) is 4. The van der Waals surface area contributed by atoms with Gasteiger partial charge in [-0.3, -0.25) is 0 Å². The van der Waals surface area contributed by atoms with Crippen molar-refractivity contribution in [1.29, 1.82) is 0 Å². The van der Waals surface area contributed by atoms with Crippen molar-refractivity contribution in [2.24, 2.45) is 0 Å². The Balaban J connectivity index is 2.30. The van der Waals surface area contributed by atoms with Crippen molar-refractivity contribution in [3.05, 3.63) is 18.2 Å². The molecule has 0 aliphatic rings. The number of imidazole rings is 1. The molecular formula is C14H22N4O. The van der Waals surface area contributed by atoms with Crippen LogP contribution in [0.25, 0.3) is 11.0 Å². The zero-order valence-electron chi connectivity index (χ0n) is 11.9. The van der Waals surface area contributed by atoms with Crippen LogP contribution in [-0.2, 0) is 6.54 Å². The van der Waals surface area contributed by atoms with Gasteiger partial charge in [0, 0.05) is 13.1 Å². The molecule has 2 aromatic rings. The van der Waals surface area contributed by atoms with E-state index in [4.69, 9.17) is 10.5 Å². The van der Waals surface area contributed by atoms with E-state index in [0.29, 0.717) is 5.95 Å². The number of nitrogens with zero attached hydrogens (tertiary/aromatic N) is 3. The summed E-state index contributed by atoms with van der Waals surface area (Å²) < 4.78 is 7.37. The Morgan fingerprint density at radius 1 is 1.32 bits per heavy atom. The number of ether oxygens (including phenoxy) is 1. The number of rotatable bonds is 6. The average molecular weight is 262 g/mol. The Bertz CT molecular complexity index is 546. The Kier molecular flexibility index (Phi) is 4.27. The number of nitrogens with two attached hydrogens (primary N) is 1. The maximum absolute atomic E-state index is 6.02. The van der Waals surface area contributed by atoms with Gasteiger partial charge >= 0.3 is 0 Å². The van der Waals surface area contributed by atoms with Crippen molar-refractivity contribution in [3.63, 3.8) is 0 Å². The van der Waals surface area contributed by atoms with Crippen LogP contribution in [0.3, 0.4) is 0 Å². The summed E-state index contributed by atoms with van der Waals surface area (Å²) in [5, 5.41) is 0. The Morgan fingerprint density at radius 3 is 2.68 bits per heavy atom. The van der Waals surface area contributed by atoms with Gasteiger partial charge in [0.1, 0.15) is 11.3 Å². The van der Waals surface area contributed by atoms with Crippen LogP contribution in [0, 0.1) is 0 Å². The fourth-order valence-electron chi connectivity index (χ4n) is 2.32. The van der Waals surface area contributed by atoms with E-state index in [0.717, 1.165) is 43.0 Å². The summed E-state index contributed by atoms with van der Waals surface area (Å²) in [6.45, 7) is 8.25. The lowest BCUT2D eigenvalue weighted by atomic mass is 10.3. The van der Waals surface area contributed by atoms with Crippen molar-refractivity contribution in [3.8, 4) is 5.75 Å². The molecule has 0 spiro atoms. The number of aromatic nitrogens is 2. The van der Waals surface area contributed by atoms with E-state index < -0.39 is 0 Å². The maximum atomic E-state index is 6.02. The Morgan fingerprint density at radius 2 is 2.05 bits per heavy atom. The van der Waals surface area contributed by atoms with Gasteiger partial charge in [-0.2, -0.15) is 0 Å². The molecule has 1 aromatic heterocycles. The van der Waals surface area contributed by atoms with Gasteiger partial charge < -0.3 is 19.9 Å². The van der Waals surface area contributed by atoms with E-state index in [2.05, 4.69) is 28.3 Å². The summed E-state index contributed by atoms with van der Waals surface area (Å²) in [7, 11) is 1.65. The molecule has 0 aliphatic carbocycles. The third kappa shape index (κ3) is 2.66. The lowest BCUT2D eigenvalue weighted by Crippen LogP contribution is -2.27. The molecule has 1 heterocycles. The molecular weight excluding hydrogens is 240 g/mol. The highest BCUT2D eigenvalue weighted by Crippen LogP contribution is 2.26. The van der Waals surface area contributed by atoms with Gasteiger partial charge in [0.2, 0.25) is 5.95 Å². The molecule has 2 rings (SSSR count). The summed E-state index contributed by atoms with van der Waals surface area (Å²) in [6, 6.07) is 5.91. The number of methoxy groups -OCH3 is 1. The van der Waals surface area contributed by atoms with Gasteiger partial charge in [0.25, 0.3) is 0 Å². The molecule has 0 atom stereocenters. The summed E-state index contributed by atoms with van der Waals surface area (Å²) in [5.41, 5.74) is 7.89. The molecule has 0 fully saturated rings. The van der Waals surface area contributed by atoms with Crippen molar-refractivity contribution in [1.82, 2.24) is 14.5 Å². The minimum absolute atomic E-state index is 0.548. The third-order valence-corrected chi connectivity index (χ3v) is 3.53. The van der Waals surface area contributed by atoms with E-state index >= 15 is 0 Å². The molecule has 0 aliphatic heterocycles. The normalized spacial score (nSPS) is 11.4.